The highest BCUT2D eigenvalue weighted by molar-refractivity contribution is 5.98. The van der Waals surface area contributed by atoms with Crippen molar-refractivity contribution in [3.63, 3.8) is 0 Å². The predicted molar refractivity (Wildman–Crippen MR) is 122 cm³/mol. The first-order chi connectivity index (χ1) is 15.4. The Hall–Kier alpha value is -3.87. The van der Waals surface area contributed by atoms with Crippen molar-refractivity contribution >= 4 is 28.6 Å². The lowest BCUT2D eigenvalue weighted by Gasteiger charge is -2.12. The fraction of sp³-hybridized carbons (Fsp3) is 0.200. The number of nitrogens with zero attached hydrogens (tertiary/aromatic N) is 2. The maximum absolute atomic E-state index is 13.4. The number of anilines is 1. The molecule has 7 heteroatoms. The summed E-state index contributed by atoms with van der Waals surface area (Å²) in [4.78, 5) is 25.5. The van der Waals surface area contributed by atoms with Gasteiger partial charge in [-0.1, -0.05) is 12.1 Å². The number of aryl methyl sites for hydroxylation is 2. The number of ether oxygens (including phenoxy) is 1. The molecule has 0 aliphatic heterocycles. The maximum Gasteiger partial charge on any atom is 0.355 e. The zero-order chi connectivity index (χ0) is 22.8. The number of fused-ring (bicyclic) bond motifs is 1. The van der Waals surface area contributed by atoms with Crippen LogP contribution in [0.15, 0.2) is 60.8 Å². The van der Waals surface area contributed by atoms with Crippen molar-refractivity contribution in [1.82, 2.24) is 9.13 Å². The fourth-order valence-electron chi connectivity index (χ4n) is 3.72. The van der Waals surface area contributed by atoms with E-state index < -0.39 is 5.97 Å². The van der Waals surface area contributed by atoms with E-state index in [-0.39, 0.29) is 30.6 Å². The molecule has 32 heavy (non-hydrogen) atoms. The van der Waals surface area contributed by atoms with Gasteiger partial charge in [-0.25, -0.2) is 9.18 Å². The van der Waals surface area contributed by atoms with Gasteiger partial charge in [0.1, 0.15) is 18.1 Å². The van der Waals surface area contributed by atoms with Gasteiger partial charge in [-0.2, -0.15) is 0 Å². The number of carbonyl (C=O) groups excluding carboxylic acids is 2. The summed E-state index contributed by atoms with van der Waals surface area (Å²) in [5.74, 6) is -1.09. The first-order valence-corrected chi connectivity index (χ1v) is 10.4. The second kappa shape index (κ2) is 8.70. The molecule has 2 aromatic carbocycles. The molecule has 0 spiro atoms. The summed E-state index contributed by atoms with van der Waals surface area (Å²) >= 11 is 0. The van der Waals surface area contributed by atoms with Gasteiger partial charge in [0, 0.05) is 17.6 Å². The number of hydrogen-bond acceptors (Lipinski definition) is 3. The lowest BCUT2D eigenvalue weighted by Crippen LogP contribution is -2.22. The van der Waals surface area contributed by atoms with Crippen LogP contribution in [0.5, 0.6) is 0 Å². The Morgan fingerprint density at radius 3 is 2.47 bits per heavy atom. The van der Waals surface area contributed by atoms with Crippen LogP contribution in [-0.4, -0.2) is 27.6 Å². The zero-order valence-corrected chi connectivity index (χ0v) is 18.2. The number of nitrogens with one attached hydrogen (secondary N) is 1. The molecule has 0 unspecified atom stereocenters. The summed E-state index contributed by atoms with van der Waals surface area (Å²) < 4.78 is 22.1. The van der Waals surface area contributed by atoms with Crippen molar-refractivity contribution in [3.05, 3.63) is 83.4 Å². The third-order valence-corrected chi connectivity index (χ3v) is 5.32. The molecule has 0 aliphatic rings. The molecule has 0 atom stereocenters. The lowest BCUT2D eigenvalue weighted by molar-refractivity contribution is -0.116. The van der Waals surface area contributed by atoms with E-state index in [2.05, 4.69) is 5.32 Å². The number of halogens is 1. The number of benzene rings is 2. The number of aromatic nitrogens is 2. The molecule has 1 amide bonds. The molecule has 0 saturated heterocycles. The number of rotatable bonds is 6. The molecule has 0 radical (unpaired) electrons. The minimum absolute atomic E-state index is 0.0571. The normalized spacial score (nSPS) is 11.0. The quantitative estimate of drug-likeness (QED) is 0.435. The van der Waals surface area contributed by atoms with Gasteiger partial charge in [0.25, 0.3) is 0 Å². The first kappa shape index (κ1) is 21.4. The summed E-state index contributed by atoms with van der Waals surface area (Å²) in [6.07, 6.45) is 1.83. The number of esters is 1. The van der Waals surface area contributed by atoms with E-state index in [9.17, 15) is 14.0 Å². The Morgan fingerprint density at radius 2 is 1.75 bits per heavy atom. The van der Waals surface area contributed by atoms with Crippen molar-refractivity contribution in [2.75, 3.05) is 11.9 Å². The average Bonchev–Trinajstić information content (AvgIpc) is 3.32. The third-order valence-electron chi connectivity index (χ3n) is 5.32. The molecule has 0 bridgehead atoms. The van der Waals surface area contributed by atoms with Crippen LogP contribution in [0.4, 0.5) is 10.1 Å². The van der Waals surface area contributed by atoms with Crippen molar-refractivity contribution in [2.45, 2.75) is 27.3 Å². The van der Waals surface area contributed by atoms with Crippen LogP contribution in [0, 0.1) is 19.7 Å². The van der Waals surface area contributed by atoms with E-state index in [0.29, 0.717) is 5.52 Å². The van der Waals surface area contributed by atoms with Gasteiger partial charge in [-0.05, 0) is 74.4 Å². The van der Waals surface area contributed by atoms with E-state index in [0.717, 1.165) is 28.0 Å². The molecular weight excluding hydrogens is 409 g/mol. The van der Waals surface area contributed by atoms with Crippen LogP contribution in [0.2, 0.25) is 0 Å². The lowest BCUT2D eigenvalue weighted by atomic mass is 10.1. The van der Waals surface area contributed by atoms with Crippen molar-refractivity contribution in [3.8, 4) is 5.69 Å². The SMILES string of the molecule is CCOC(=O)c1cc2c(ccn2-c2ccc(F)cc2)n1CC(=O)Nc1cc(C)ccc1C. The average molecular weight is 433 g/mol. The van der Waals surface area contributed by atoms with Crippen LogP contribution in [0.25, 0.3) is 16.7 Å². The molecule has 4 aromatic rings. The third kappa shape index (κ3) is 4.14. The molecule has 6 nitrogen and oxygen atoms in total. The van der Waals surface area contributed by atoms with Gasteiger partial charge in [-0.3, -0.25) is 4.79 Å². The van der Waals surface area contributed by atoms with Crippen molar-refractivity contribution in [2.24, 2.45) is 0 Å². The highest BCUT2D eigenvalue weighted by Crippen LogP contribution is 2.26. The van der Waals surface area contributed by atoms with Gasteiger partial charge in [0.15, 0.2) is 0 Å². The molecule has 4 rings (SSSR count). The van der Waals surface area contributed by atoms with E-state index in [1.807, 2.05) is 48.9 Å². The number of hydrogen-bond donors (Lipinski definition) is 1. The van der Waals surface area contributed by atoms with Crippen LogP contribution < -0.4 is 5.32 Å². The van der Waals surface area contributed by atoms with E-state index >= 15 is 0 Å². The Kier molecular flexibility index (Phi) is 5.81. The molecular formula is C25H24FN3O3. The Bertz CT molecular complexity index is 1300. The summed E-state index contributed by atoms with van der Waals surface area (Å²) in [5.41, 5.74) is 5.18. The smallest absolute Gasteiger partial charge is 0.355 e. The van der Waals surface area contributed by atoms with E-state index in [1.165, 1.54) is 12.1 Å². The van der Waals surface area contributed by atoms with Crippen LogP contribution in [0.3, 0.4) is 0 Å². The van der Waals surface area contributed by atoms with Gasteiger partial charge < -0.3 is 19.2 Å². The summed E-state index contributed by atoms with van der Waals surface area (Å²) in [6, 6.07) is 15.4. The minimum atomic E-state index is -0.506. The summed E-state index contributed by atoms with van der Waals surface area (Å²) in [6.45, 7) is 5.79. The van der Waals surface area contributed by atoms with Crippen LogP contribution in [0.1, 0.15) is 28.5 Å². The standard InChI is InChI=1S/C25H24FN3O3/c1-4-32-25(31)23-14-22-21(11-12-28(22)19-9-7-18(26)8-10-19)29(23)15-24(30)27-20-13-16(2)5-6-17(20)3/h5-14H,4,15H2,1-3H3,(H,27,30). The van der Waals surface area contributed by atoms with Gasteiger partial charge in [-0.15, -0.1) is 0 Å². The highest BCUT2D eigenvalue weighted by atomic mass is 19.1. The number of amides is 1. The molecule has 2 aromatic heterocycles. The topological polar surface area (TPSA) is 65.3 Å². The molecule has 1 N–H and O–H groups in total. The predicted octanol–water partition coefficient (Wildman–Crippen LogP) is 5.00. The van der Waals surface area contributed by atoms with Gasteiger partial charge in [0.2, 0.25) is 5.91 Å². The number of carbonyl (C=O) groups is 2. The van der Waals surface area contributed by atoms with E-state index in [1.54, 1.807) is 29.7 Å². The molecule has 0 fully saturated rings. The molecule has 164 valence electrons. The minimum Gasteiger partial charge on any atom is -0.461 e. The zero-order valence-electron chi connectivity index (χ0n) is 18.2. The van der Waals surface area contributed by atoms with E-state index in [4.69, 9.17) is 4.74 Å². The first-order valence-electron chi connectivity index (χ1n) is 10.4. The summed E-state index contributed by atoms with van der Waals surface area (Å²) in [5, 5.41) is 2.94. The Labute approximate surface area is 185 Å². The summed E-state index contributed by atoms with van der Waals surface area (Å²) in [7, 11) is 0. The van der Waals surface area contributed by atoms with Crippen LogP contribution in [-0.2, 0) is 16.1 Å². The molecule has 2 heterocycles. The maximum atomic E-state index is 13.4. The van der Waals surface area contributed by atoms with Crippen molar-refractivity contribution in [1.29, 1.82) is 0 Å². The van der Waals surface area contributed by atoms with Crippen LogP contribution >= 0.6 is 0 Å². The fourth-order valence-corrected chi connectivity index (χ4v) is 3.72. The Morgan fingerprint density at radius 1 is 1.00 bits per heavy atom. The molecule has 0 saturated carbocycles. The van der Waals surface area contributed by atoms with Crippen molar-refractivity contribution < 1.29 is 18.7 Å². The largest absolute Gasteiger partial charge is 0.461 e. The molecule has 0 aliphatic carbocycles. The highest BCUT2D eigenvalue weighted by Gasteiger charge is 2.21. The second-order valence-electron chi connectivity index (χ2n) is 7.64. The monoisotopic (exact) mass is 433 g/mol. The van der Waals surface area contributed by atoms with Gasteiger partial charge in [0.05, 0.1) is 17.6 Å². The van der Waals surface area contributed by atoms with Gasteiger partial charge >= 0.3 is 5.97 Å². The second-order valence-corrected chi connectivity index (χ2v) is 7.64. The Balaban J connectivity index is 1.72.